The van der Waals surface area contributed by atoms with E-state index in [1.165, 1.54) is 0 Å². The second-order valence-electron chi connectivity index (χ2n) is 7.91. The Morgan fingerprint density at radius 3 is 2.69 bits per heavy atom. The van der Waals surface area contributed by atoms with Crippen molar-refractivity contribution in [3.63, 3.8) is 0 Å². The zero-order valence-electron chi connectivity index (χ0n) is 16.2. The molecule has 3 aliphatic heterocycles. The fourth-order valence-electron chi connectivity index (χ4n) is 4.23. The maximum atomic E-state index is 13.7. The van der Waals surface area contributed by atoms with Crippen LogP contribution in [0.4, 0.5) is 13.6 Å². The van der Waals surface area contributed by atoms with E-state index in [9.17, 15) is 18.7 Å². The molecular formula is C20H26F2N2O5. The van der Waals surface area contributed by atoms with E-state index in [2.05, 4.69) is 4.90 Å². The van der Waals surface area contributed by atoms with Crippen molar-refractivity contribution in [2.24, 2.45) is 5.92 Å². The number of rotatable bonds is 6. The van der Waals surface area contributed by atoms with E-state index in [1.807, 2.05) is 0 Å². The van der Waals surface area contributed by atoms with Crippen molar-refractivity contribution in [1.82, 2.24) is 9.80 Å². The summed E-state index contributed by atoms with van der Waals surface area (Å²) < 4.78 is 43.3. The van der Waals surface area contributed by atoms with Crippen LogP contribution in [-0.2, 0) is 4.74 Å². The fraction of sp³-hybridized carbons (Fsp3) is 0.650. The normalized spacial score (nSPS) is 25.3. The van der Waals surface area contributed by atoms with Crippen LogP contribution in [0.15, 0.2) is 12.1 Å². The van der Waals surface area contributed by atoms with Crippen molar-refractivity contribution < 1.29 is 32.9 Å². The zero-order valence-corrected chi connectivity index (χ0v) is 16.2. The number of hydrogen-bond donors (Lipinski definition) is 1. The molecule has 1 aromatic carbocycles. The Hall–Kier alpha value is -2.13. The van der Waals surface area contributed by atoms with Crippen LogP contribution in [0.5, 0.6) is 11.5 Å². The van der Waals surface area contributed by atoms with Gasteiger partial charge in [-0.05, 0) is 38.3 Å². The van der Waals surface area contributed by atoms with Crippen LogP contribution >= 0.6 is 0 Å². The van der Waals surface area contributed by atoms with Gasteiger partial charge >= 0.3 is 6.09 Å². The molecule has 160 valence electrons. The van der Waals surface area contributed by atoms with Gasteiger partial charge in [-0.25, -0.2) is 13.6 Å². The molecule has 1 N–H and O–H groups in total. The second kappa shape index (κ2) is 8.71. The van der Waals surface area contributed by atoms with Crippen molar-refractivity contribution in [3.05, 3.63) is 23.8 Å². The summed E-state index contributed by atoms with van der Waals surface area (Å²) in [7, 11) is 0. The lowest BCUT2D eigenvalue weighted by Crippen LogP contribution is -2.44. The van der Waals surface area contributed by atoms with Gasteiger partial charge in [0, 0.05) is 25.2 Å². The molecule has 0 radical (unpaired) electrons. The summed E-state index contributed by atoms with van der Waals surface area (Å²) in [6, 6.07) is 1.71. The average Bonchev–Trinajstić information content (AvgIpc) is 3.06. The highest BCUT2D eigenvalue weighted by molar-refractivity contribution is 5.70. The van der Waals surface area contributed by atoms with Gasteiger partial charge in [0.1, 0.15) is 25.1 Å². The summed E-state index contributed by atoms with van der Waals surface area (Å²) in [5.74, 6) is -0.833. The lowest BCUT2D eigenvalue weighted by molar-refractivity contribution is 0.0436. The van der Waals surface area contributed by atoms with Crippen molar-refractivity contribution in [2.75, 3.05) is 46.0 Å². The highest BCUT2D eigenvalue weighted by Crippen LogP contribution is 2.35. The Kier molecular flexibility index (Phi) is 6.05. The number of ether oxygens (including phenoxy) is 3. The summed E-state index contributed by atoms with van der Waals surface area (Å²) in [5.41, 5.74) is 0. The van der Waals surface area contributed by atoms with Crippen LogP contribution in [0.2, 0.25) is 0 Å². The van der Waals surface area contributed by atoms with Crippen molar-refractivity contribution >= 4 is 6.09 Å². The molecule has 2 atom stereocenters. The van der Waals surface area contributed by atoms with Crippen LogP contribution in [0.3, 0.4) is 0 Å². The lowest BCUT2D eigenvalue weighted by atomic mass is 9.93. The molecule has 2 saturated heterocycles. The third-order valence-electron chi connectivity index (χ3n) is 5.91. The highest BCUT2D eigenvalue weighted by atomic mass is 19.1. The first-order chi connectivity index (χ1) is 14.0. The van der Waals surface area contributed by atoms with E-state index in [4.69, 9.17) is 14.2 Å². The molecule has 2 fully saturated rings. The van der Waals surface area contributed by atoms with E-state index in [1.54, 1.807) is 4.90 Å². The Bertz CT molecular complexity index is 742. The third kappa shape index (κ3) is 4.56. The van der Waals surface area contributed by atoms with Gasteiger partial charge in [-0.2, -0.15) is 0 Å². The van der Waals surface area contributed by atoms with Crippen LogP contribution in [0, 0.1) is 17.6 Å². The van der Waals surface area contributed by atoms with Gasteiger partial charge in [0.05, 0.1) is 12.6 Å². The largest absolute Gasteiger partial charge is 0.483 e. The minimum absolute atomic E-state index is 0.0250. The number of aliphatic hydroxyl groups excluding tert-OH is 1. The number of halogens is 2. The van der Waals surface area contributed by atoms with Crippen molar-refractivity contribution in [3.8, 4) is 11.5 Å². The average molecular weight is 412 g/mol. The molecule has 1 aromatic rings. The Morgan fingerprint density at radius 1 is 1.14 bits per heavy atom. The maximum Gasteiger partial charge on any atom is 0.410 e. The number of carbonyl (C=O) groups is 1. The van der Waals surface area contributed by atoms with Gasteiger partial charge < -0.3 is 19.3 Å². The van der Waals surface area contributed by atoms with Gasteiger partial charge in [-0.3, -0.25) is 9.80 Å². The molecule has 0 aliphatic carbocycles. The highest BCUT2D eigenvalue weighted by Gasteiger charge is 2.33. The Labute approximate surface area is 168 Å². The standard InChI is InChI=1S/C20H26F2N2O5/c21-14-7-17(22)19-18(8-14)29-16(12-27-19)9-23-4-1-13(2-5-23)3-6-24-15(10-25)11-28-20(24)26/h7-8,13,15-16,25H,1-6,9-12H2. The SMILES string of the molecule is O=C1OCC(CO)N1CCC1CCN(CC2COc3c(F)cc(F)cc3O2)CC1. The minimum Gasteiger partial charge on any atom is -0.483 e. The van der Waals surface area contributed by atoms with E-state index < -0.39 is 11.6 Å². The van der Waals surface area contributed by atoms with Crippen LogP contribution in [-0.4, -0.2) is 79.1 Å². The molecule has 2 unspecified atom stereocenters. The van der Waals surface area contributed by atoms with Crippen LogP contribution in [0.1, 0.15) is 19.3 Å². The predicted molar refractivity (Wildman–Crippen MR) is 99.0 cm³/mol. The number of piperidine rings is 1. The van der Waals surface area contributed by atoms with Gasteiger partial charge in [-0.15, -0.1) is 0 Å². The monoisotopic (exact) mass is 412 g/mol. The first kappa shape index (κ1) is 20.2. The van der Waals surface area contributed by atoms with Gasteiger partial charge in [0.25, 0.3) is 0 Å². The van der Waals surface area contributed by atoms with E-state index in [0.29, 0.717) is 19.0 Å². The van der Waals surface area contributed by atoms with Gasteiger partial charge in [0.15, 0.2) is 17.3 Å². The van der Waals surface area contributed by atoms with E-state index in [0.717, 1.165) is 44.5 Å². The topological polar surface area (TPSA) is 71.5 Å². The molecule has 1 amide bonds. The number of amides is 1. The number of aliphatic hydroxyl groups is 1. The molecule has 9 heteroatoms. The smallest absolute Gasteiger partial charge is 0.410 e. The van der Waals surface area contributed by atoms with Crippen molar-refractivity contribution in [2.45, 2.75) is 31.4 Å². The predicted octanol–water partition coefficient (Wildman–Crippen LogP) is 2.02. The second-order valence-corrected chi connectivity index (χ2v) is 7.91. The Morgan fingerprint density at radius 2 is 1.93 bits per heavy atom. The quantitative estimate of drug-likeness (QED) is 0.771. The summed E-state index contributed by atoms with van der Waals surface area (Å²) in [5, 5.41) is 9.33. The van der Waals surface area contributed by atoms with Gasteiger partial charge in [-0.1, -0.05) is 0 Å². The number of hydrogen-bond acceptors (Lipinski definition) is 6. The summed E-state index contributed by atoms with van der Waals surface area (Å²) >= 11 is 0. The number of benzene rings is 1. The number of cyclic esters (lactones) is 1. The number of nitrogens with zero attached hydrogens (tertiary/aromatic N) is 2. The molecule has 0 bridgehead atoms. The molecule has 0 spiro atoms. The summed E-state index contributed by atoms with van der Waals surface area (Å²) in [4.78, 5) is 15.6. The molecule has 4 rings (SSSR count). The summed E-state index contributed by atoms with van der Waals surface area (Å²) in [6.07, 6.45) is 2.27. The number of likely N-dealkylation sites (tertiary alicyclic amines) is 1. The maximum absolute atomic E-state index is 13.7. The zero-order chi connectivity index (χ0) is 20.4. The number of fused-ring (bicyclic) bond motifs is 1. The van der Waals surface area contributed by atoms with E-state index >= 15 is 0 Å². The molecule has 3 heterocycles. The third-order valence-corrected chi connectivity index (χ3v) is 5.91. The molecule has 29 heavy (non-hydrogen) atoms. The first-order valence-electron chi connectivity index (χ1n) is 10.1. The van der Waals surface area contributed by atoms with Crippen molar-refractivity contribution in [1.29, 1.82) is 0 Å². The van der Waals surface area contributed by atoms with E-state index in [-0.39, 0.29) is 49.6 Å². The Balaban J connectivity index is 1.22. The van der Waals surface area contributed by atoms with Gasteiger partial charge in [0.2, 0.25) is 0 Å². The minimum atomic E-state index is -0.746. The molecule has 0 saturated carbocycles. The summed E-state index contributed by atoms with van der Waals surface area (Å²) in [6.45, 7) is 3.43. The first-order valence-corrected chi connectivity index (χ1v) is 10.1. The molecular weight excluding hydrogens is 386 g/mol. The lowest BCUT2D eigenvalue weighted by Gasteiger charge is -2.36. The molecule has 3 aliphatic rings. The molecule has 0 aromatic heterocycles. The molecule has 7 nitrogen and oxygen atoms in total. The van der Waals surface area contributed by atoms with Crippen LogP contribution < -0.4 is 9.47 Å². The van der Waals surface area contributed by atoms with Crippen LogP contribution in [0.25, 0.3) is 0 Å². The fourth-order valence-corrected chi connectivity index (χ4v) is 4.23. The number of carbonyl (C=O) groups excluding carboxylic acids is 1.